The smallest absolute Gasteiger partial charge is 0.235 e. The molecule has 0 bridgehead atoms. The summed E-state index contributed by atoms with van der Waals surface area (Å²) in [5, 5.41) is 1.05. The molecule has 0 aliphatic carbocycles. The van der Waals surface area contributed by atoms with Gasteiger partial charge in [0.2, 0.25) is 17.0 Å². The second-order valence-electron chi connectivity index (χ2n) is 9.69. The van der Waals surface area contributed by atoms with Gasteiger partial charge in [0.25, 0.3) is 0 Å². The van der Waals surface area contributed by atoms with E-state index in [1.807, 2.05) is 44.2 Å². The molecular weight excluding hydrogens is 483 g/mol. The van der Waals surface area contributed by atoms with Crippen molar-refractivity contribution in [2.24, 2.45) is 0 Å². The zero-order valence-electron chi connectivity index (χ0n) is 20.3. The second kappa shape index (κ2) is 9.52. The minimum Gasteiger partial charge on any atom is -0.478 e. The van der Waals surface area contributed by atoms with Crippen LogP contribution in [-0.2, 0) is 5.41 Å². The molecule has 0 N–H and O–H groups in total. The van der Waals surface area contributed by atoms with E-state index >= 15 is 0 Å². The number of Topliss-reactive ketones (excluding diaryl/α,β-unsaturated/α-hetero) is 1. The van der Waals surface area contributed by atoms with E-state index in [-0.39, 0.29) is 45.3 Å². The quantitative estimate of drug-likeness (QED) is 0.256. The Bertz CT molecular complexity index is 1490. The molecule has 1 heterocycles. The van der Waals surface area contributed by atoms with Gasteiger partial charge in [-0.2, -0.15) is 0 Å². The van der Waals surface area contributed by atoms with Gasteiger partial charge in [-0.3, -0.25) is 9.59 Å². The Morgan fingerprint density at radius 1 is 0.943 bits per heavy atom. The van der Waals surface area contributed by atoms with Crippen LogP contribution < -0.4 is 10.2 Å². The Hall–Kier alpha value is -3.08. The van der Waals surface area contributed by atoms with E-state index in [2.05, 4.69) is 20.8 Å². The maximum Gasteiger partial charge on any atom is 0.235 e. The number of ether oxygens (including phenoxy) is 1. The number of hydrogen-bond donors (Lipinski definition) is 0. The Morgan fingerprint density at radius 3 is 2.23 bits per heavy atom. The van der Waals surface area contributed by atoms with Crippen molar-refractivity contribution in [2.45, 2.75) is 40.0 Å². The normalized spacial score (nSPS) is 11.6. The number of hydrogen-bond acceptors (Lipinski definition) is 4. The van der Waals surface area contributed by atoms with Crippen LogP contribution in [0.4, 0.5) is 0 Å². The fraction of sp³-hybridized carbons (Fsp3) is 0.241. The van der Waals surface area contributed by atoms with Gasteiger partial charge in [0.15, 0.2) is 12.4 Å². The molecule has 0 unspecified atom stereocenters. The zero-order valence-corrected chi connectivity index (χ0v) is 21.8. The molecule has 180 valence electrons. The number of aryl methyl sites for hydroxylation is 2. The molecule has 0 aliphatic rings. The van der Waals surface area contributed by atoms with Crippen LogP contribution in [0.2, 0.25) is 10.0 Å². The summed E-state index contributed by atoms with van der Waals surface area (Å²) in [5.74, 6) is -0.107. The lowest BCUT2D eigenvalue weighted by molar-refractivity contribution is 0.0920. The van der Waals surface area contributed by atoms with Crippen molar-refractivity contribution in [1.29, 1.82) is 0 Å². The van der Waals surface area contributed by atoms with Gasteiger partial charge in [0.1, 0.15) is 5.58 Å². The highest BCUT2D eigenvalue weighted by atomic mass is 35.5. The first-order valence-electron chi connectivity index (χ1n) is 11.3. The molecule has 0 saturated carbocycles. The van der Waals surface area contributed by atoms with E-state index in [0.717, 1.165) is 16.7 Å². The van der Waals surface area contributed by atoms with Crippen LogP contribution in [0, 0.1) is 13.8 Å². The van der Waals surface area contributed by atoms with Gasteiger partial charge in [0, 0.05) is 16.1 Å². The first kappa shape index (κ1) is 25.0. The molecule has 0 aliphatic heterocycles. The van der Waals surface area contributed by atoms with Gasteiger partial charge >= 0.3 is 0 Å². The maximum absolute atomic E-state index is 13.5. The summed E-state index contributed by atoms with van der Waals surface area (Å²) in [6.45, 7) is 9.91. The number of carbonyl (C=O) groups is 1. The molecule has 0 fully saturated rings. The first-order valence-corrected chi connectivity index (χ1v) is 12.0. The average Bonchev–Trinajstić information content (AvgIpc) is 2.79. The lowest BCUT2D eigenvalue weighted by atomic mass is 9.86. The molecule has 3 aromatic carbocycles. The zero-order chi connectivity index (χ0) is 25.5. The molecular formula is C29H26Cl2O4. The van der Waals surface area contributed by atoms with E-state index in [0.29, 0.717) is 21.6 Å². The Balaban J connectivity index is 1.81. The van der Waals surface area contributed by atoms with E-state index in [9.17, 15) is 9.59 Å². The summed E-state index contributed by atoms with van der Waals surface area (Å²) in [4.78, 5) is 26.4. The second-order valence-corrected chi connectivity index (χ2v) is 10.5. The van der Waals surface area contributed by atoms with Gasteiger partial charge in [-0.15, -0.1) is 0 Å². The molecule has 4 aromatic rings. The van der Waals surface area contributed by atoms with Gasteiger partial charge in [0.05, 0.1) is 10.4 Å². The predicted octanol–water partition coefficient (Wildman–Crippen LogP) is 7.94. The summed E-state index contributed by atoms with van der Waals surface area (Å²) in [6.07, 6.45) is 0. The van der Waals surface area contributed by atoms with Gasteiger partial charge in [-0.1, -0.05) is 68.2 Å². The summed E-state index contributed by atoms with van der Waals surface area (Å²) >= 11 is 12.1. The molecule has 4 nitrogen and oxygen atoms in total. The van der Waals surface area contributed by atoms with E-state index in [4.69, 9.17) is 32.4 Å². The molecule has 6 heteroatoms. The lowest BCUT2D eigenvalue weighted by Gasteiger charge is -2.19. The number of ketones is 1. The van der Waals surface area contributed by atoms with Gasteiger partial charge in [-0.25, -0.2) is 0 Å². The van der Waals surface area contributed by atoms with Crippen LogP contribution in [0.25, 0.3) is 22.3 Å². The van der Waals surface area contributed by atoms with Crippen LogP contribution in [0.3, 0.4) is 0 Å². The third-order valence-electron chi connectivity index (χ3n) is 6.06. The molecule has 4 rings (SSSR count). The highest BCUT2D eigenvalue weighted by Crippen LogP contribution is 2.34. The summed E-state index contributed by atoms with van der Waals surface area (Å²) in [7, 11) is 0. The lowest BCUT2D eigenvalue weighted by Crippen LogP contribution is -2.17. The van der Waals surface area contributed by atoms with Crippen LogP contribution in [-0.4, -0.2) is 12.4 Å². The minimum atomic E-state index is -0.379. The fourth-order valence-electron chi connectivity index (χ4n) is 3.81. The highest BCUT2D eigenvalue weighted by molar-refractivity contribution is 6.36. The Morgan fingerprint density at radius 2 is 1.60 bits per heavy atom. The van der Waals surface area contributed by atoms with E-state index < -0.39 is 0 Å². The van der Waals surface area contributed by atoms with Crippen molar-refractivity contribution in [2.75, 3.05) is 6.61 Å². The SMILES string of the molecule is Cc1cc2oc(-c3ccc(C(C)(C)C)cc3)c(OCC(=O)c3ccc(Cl)cc3Cl)c(=O)c2cc1C. The summed E-state index contributed by atoms with van der Waals surface area (Å²) in [5.41, 5.74) is 4.17. The number of fused-ring (bicyclic) bond motifs is 1. The van der Waals surface area contributed by atoms with Gasteiger partial charge in [-0.05, 0) is 66.3 Å². The average molecular weight is 509 g/mol. The van der Waals surface area contributed by atoms with Crippen molar-refractivity contribution in [1.82, 2.24) is 0 Å². The van der Waals surface area contributed by atoms with Crippen molar-refractivity contribution in [3.63, 3.8) is 0 Å². The molecule has 35 heavy (non-hydrogen) atoms. The monoisotopic (exact) mass is 508 g/mol. The Kier molecular flexibility index (Phi) is 6.81. The molecule has 0 atom stereocenters. The molecule has 1 aromatic heterocycles. The summed E-state index contributed by atoms with van der Waals surface area (Å²) < 4.78 is 12.1. The third-order valence-corrected chi connectivity index (χ3v) is 6.61. The standard InChI is InChI=1S/C29H26Cl2O4/c1-16-12-22-25(13-17(16)2)35-27(18-6-8-19(9-7-18)29(3,4)5)28(26(22)33)34-15-24(32)21-11-10-20(30)14-23(21)31/h6-14H,15H2,1-5H3. The predicted molar refractivity (Wildman–Crippen MR) is 142 cm³/mol. The number of carbonyl (C=O) groups excluding carboxylic acids is 1. The van der Waals surface area contributed by atoms with Crippen molar-refractivity contribution in [3.05, 3.63) is 97.1 Å². The number of benzene rings is 3. The molecule has 0 radical (unpaired) electrons. The van der Waals surface area contributed by atoms with Crippen molar-refractivity contribution >= 4 is 40.0 Å². The van der Waals surface area contributed by atoms with E-state index in [1.165, 1.54) is 12.1 Å². The minimum absolute atomic E-state index is 0.0114. The van der Waals surface area contributed by atoms with Crippen LogP contribution in [0.1, 0.15) is 47.8 Å². The summed E-state index contributed by atoms with van der Waals surface area (Å²) in [6, 6.07) is 16.1. The first-order chi connectivity index (χ1) is 16.5. The molecule has 0 amide bonds. The van der Waals surface area contributed by atoms with Crippen molar-refractivity contribution in [3.8, 4) is 17.1 Å². The highest BCUT2D eigenvalue weighted by Gasteiger charge is 2.21. The largest absolute Gasteiger partial charge is 0.478 e. The van der Waals surface area contributed by atoms with Gasteiger partial charge < -0.3 is 9.15 Å². The van der Waals surface area contributed by atoms with Crippen LogP contribution in [0.5, 0.6) is 5.75 Å². The third kappa shape index (κ3) is 5.14. The number of rotatable bonds is 5. The van der Waals surface area contributed by atoms with Crippen LogP contribution >= 0.6 is 23.2 Å². The fourth-order valence-corrected chi connectivity index (χ4v) is 4.32. The molecule has 0 saturated heterocycles. The van der Waals surface area contributed by atoms with Crippen LogP contribution in [0.15, 0.2) is 63.8 Å². The topological polar surface area (TPSA) is 56.5 Å². The number of halogens is 2. The Labute approximate surface area is 214 Å². The van der Waals surface area contributed by atoms with Crippen molar-refractivity contribution < 1.29 is 13.9 Å². The van der Waals surface area contributed by atoms with E-state index in [1.54, 1.807) is 12.1 Å². The molecule has 0 spiro atoms. The maximum atomic E-state index is 13.5.